The maximum atomic E-state index is 6.22. The lowest BCUT2D eigenvalue weighted by molar-refractivity contribution is 0.204. The number of oxazole rings is 1. The fourth-order valence-electron chi connectivity index (χ4n) is 5.71. The van der Waals surface area contributed by atoms with Crippen molar-refractivity contribution < 1.29 is 4.42 Å². The largest absolute Gasteiger partial charge is 0.441 e. The first-order valence-electron chi connectivity index (χ1n) is 12.5. The molecule has 3 heterocycles. The van der Waals surface area contributed by atoms with Gasteiger partial charge in [0.25, 0.3) is 0 Å². The van der Waals surface area contributed by atoms with Gasteiger partial charge in [-0.3, -0.25) is 4.90 Å². The highest BCUT2D eigenvalue weighted by molar-refractivity contribution is 7.12. The van der Waals surface area contributed by atoms with Crippen molar-refractivity contribution in [2.75, 3.05) is 6.54 Å². The first-order chi connectivity index (χ1) is 16.6. The van der Waals surface area contributed by atoms with E-state index in [-0.39, 0.29) is 0 Å². The Hall–Kier alpha value is -2.69. The van der Waals surface area contributed by atoms with Crippen LogP contribution in [0.2, 0.25) is 0 Å². The van der Waals surface area contributed by atoms with Crippen LogP contribution in [0.4, 0.5) is 0 Å². The predicted octanol–water partition coefficient (Wildman–Crippen LogP) is 7.35. The highest BCUT2D eigenvalue weighted by Gasteiger charge is 2.34. The molecule has 0 fully saturated rings. The molecule has 174 valence electrons. The molecule has 0 saturated heterocycles. The molecule has 0 spiro atoms. The molecule has 1 aliphatic heterocycles. The third-order valence-electron chi connectivity index (χ3n) is 7.56. The molecule has 0 radical (unpaired) electrons. The lowest BCUT2D eigenvalue weighted by atomic mass is 9.88. The van der Waals surface area contributed by atoms with Crippen LogP contribution in [0.15, 0.2) is 52.9 Å². The Morgan fingerprint density at radius 2 is 1.79 bits per heavy atom. The summed E-state index contributed by atoms with van der Waals surface area (Å²) in [6.45, 7) is 8.18. The van der Waals surface area contributed by atoms with E-state index in [4.69, 9.17) is 9.40 Å². The first-order valence-corrected chi connectivity index (χ1v) is 13.4. The second kappa shape index (κ2) is 8.83. The summed E-state index contributed by atoms with van der Waals surface area (Å²) >= 11 is 2.08. The van der Waals surface area contributed by atoms with Gasteiger partial charge in [0.15, 0.2) is 0 Å². The number of nitrogens with zero attached hydrogens (tertiary/aromatic N) is 2. The van der Waals surface area contributed by atoms with Gasteiger partial charge in [-0.05, 0) is 81.2 Å². The van der Waals surface area contributed by atoms with Gasteiger partial charge in [0.05, 0.1) is 11.7 Å². The molecule has 2 aromatic heterocycles. The SMILES string of the molecule is Cc1ccc(C)c(-c2nc(CN3CCc4c(sc5c4CCCC5)[C@@H]3c3ccccc3)c(C)o2)c1. The number of fused-ring (bicyclic) bond motifs is 3. The number of thiophene rings is 1. The molecule has 4 heteroatoms. The summed E-state index contributed by atoms with van der Waals surface area (Å²) in [6, 6.07) is 17.8. The summed E-state index contributed by atoms with van der Waals surface area (Å²) in [7, 11) is 0. The molecule has 1 atom stereocenters. The molecule has 2 aromatic carbocycles. The van der Waals surface area contributed by atoms with E-state index in [1.807, 2.05) is 0 Å². The van der Waals surface area contributed by atoms with Crippen LogP contribution < -0.4 is 0 Å². The maximum absolute atomic E-state index is 6.22. The lowest BCUT2D eigenvalue weighted by Gasteiger charge is -2.36. The fraction of sp³-hybridized carbons (Fsp3) is 0.367. The average Bonchev–Trinajstić information content (AvgIpc) is 3.41. The standard InChI is InChI=1S/C30H32N2OS/c1-19-13-14-20(2)25(17-19)30-31-26(21(3)33-30)18-32-16-15-24-23-11-7-8-12-27(23)34-29(24)28(32)22-9-5-4-6-10-22/h4-6,9-10,13-14,17,28H,7-8,11-12,15-16,18H2,1-3H3/t28-/m0/s1. The van der Waals surface area contributed by atoms with Crippen LogP contribution in [0.25, 0.3) is 11.5 Å². The molecule has 6 rings (SSSR count). The van der Waals surface area contributed by atoms with Crippen LogP contribution in [0, 0.1) is 20.8 Å². The van der Waals surface area contributed by atoms with Gasteiger partial charge in [0, 0.05) is 28.4 Å². The van der Waals surface area contributed by atoms with Crippen molar-refractivity contribution in [1.29, 1.82) is 0 Å². The van der Waals surface area contributed by atoms with Crippen molar-refractivity contribution in [2.24, 2.45) is 0 Å². The summed E-state index contributed by atoms with van der Waals surface area (Å²) < 4.78 is 6.22. The Kier molecular flexibility index (Phi) is 5.66. The number of rotatable bonds is 4. The average molecular weight is 469 g/mol. The third kappa shape index (κ3) is 3.83. The smallest absolute Gasteiger partial charge is 0.226 e. The van der Waals surface area contributed by atoms with Gasteiger partial charge in [-0.1, -0.05) is 48.0 Å². The van der Waals surface area contributed by atoms with Crippen molar-refractivity contribution in [3.8, 4) is 11.5 Å². The summed E-state index contributed by atoms with van der Waals surface area (Å²) in [6.07, 6.45) is 6.35. The number of hydrogen-bond acceptors (Lipinski definition) is 4. The van der Waals surface area contributed by atoms with Gasteiger partial charge in [-0.15, -0.1) is 11.3 Å². The summed E-state index contributed by atoms with van der Waals surface area (Å²) in [5.74, 6) is 1.67. The van der Waals surface area contributed by atoms with Crippen molar-refractivity contribution in [3.05, 3.63) is 97.6 Å². The number of aromatic nitrogens is 1. The van der Waals surface area contributed by atoms with E-state index < -0.39 is 0 Å². The van der Waals surface area contributed by atoms with Crippen LogP contribution in [0.3, 0.4) is 0 Å². The van der Waals surface area contributed by atoms with Crippen molar-refractivity contribution in [2.45, 2.75) is 65.5 Å². The Labute approximate surface area is 206 Å². The molecule has 3 nitrogen and oxygen atoms in total. The topological polar surface area (TPSA) is 29.3 Å². The summed E-state index contributed by atoms with van der Waals surface area (Å²) in [5.41, 5.74) is 9.31. The van der Waals surface area contributed by atoms with E-state index >= 15 is 0 Å². The monoisotopic (exact) mass is 468 g/mol. The number of hydrogen-bond donors (Lipinski definition) is 0. The van der Waals surface area contributed by atoms with E-state index in [0.717, 1.165) is 42.4 Å². The van der Waals surface area contributed by atoms with Gasteiger partial charge >= 0.3 is 0 Å². The zero-order chi connectivity index (χ0) is 23.2. The second-order valence-corrected chi connectivity index (χ2v) is 11.1. The van der Waals surface area contributed by atoms with Gasteiger partial charge in [-0.25, -0.2) is 4.98 Å². The molecular formula is C30H32N2OS. The van der Waals surface area contributed by atoms with Crippen LogP contribution >= 0.6 is 11.3 Å². The Balaban J connectivity index is 1.37. The summed E-state index contributed by atoms with van der Waals surface area (Å²) in [5, 5.41) is 0. The van der Waals surface area contributed by atoms with Crippen LogP contribution in [0.5, 0.6) is 0 Å². The minimum atomic E-state index is 0.292. The second-order valence-electron chi connectivity index (χ2n) is 9.93. The van der Waals surface area contributed by atoms with E-state index in [0.29, 0.717) is 6.04 Å². The van der Waals surface area contributed by atoms with Gasteiger partial charge in [0.2, 0.25) is 5.89 Å². The molecule has 2 aliphatic rings. The number of aryl methyl sites for hydroxylation is 4. The van der Waals surface area contributed by atoms with Crippen LogP contribution in [-0.2, 0) is 25.8 Å². The zero-order valence-corrected chi connectivity index (χ0v) is 21.2. The first kappa shape index (κ1) is 21.8. The molecule has 0 amide bonds. The van der Waals surface area contributed by atoms with Crippen molar-refractivity contribution >= 4 is 11.3 Å². The van der Waals surface area contributed by atoms with Crippen molar-refractivity contribution in [1.82, 2.24) is 9.88 Å². The normalized spacial score (nSPS) is 18.0. The molecular weight excluding hydrogens is 436 g/mol. The predicted molar refractivity (Wildman–Crippen MR) is 140 cm³/mol. The van der Waals surface area contributed by atoms with Crippen LogP contribution in [-0.4, -0.2) is 16.4 Å². The Bertz CT molecular complexity index is 1330. The maximum Gasteiger partial charge on any atom is 0.226 e. The minimum Gasteiger partial charge on any atom is -0.441 e. The molecule has 0 N–H and O–H groups in total. The van der Waals surface area contributed by atoms with Crippen molar-refractivity contribution in [3.63, 3.8) is 0 Å². The molecule has 4 aromatic rings. The molecule has 0 bridgehead atoms. The third-order valence-corrected chi connectivity index (χ3v) is 8.95. The van der Waals surface area contributed by atoms with E-state index in [1.165, 1.54) is 42.4 Å². The van der Waals surface area contributed by atoms with Gasteiger partial charge < -0.3 is 4.42 Å². The number of benzene rings is 2. The quantitative estimate of drug-likeness (QED) is 0.313. The lowest BCUT2D eigenvalue weighted by Crippen LogP contribution is -2.35. The molecule has 34 heavy (non-hydrogen) atoms. The Morgan fingerprint density at radius 3 is 2.65 bits per heavy atom. The highest BCUT2D eigenvalue weighted by Crippen LogP contribution is 2.45. The van der Waals surface area contributed by atoms with Crippen LogP contribution in [0.1, 0.15) is 67.9 Å². The Morgan fingerprint density at radius 1 is 0.971 bits per heavy atom. The molecule has 1 aliphatic carbocycles. The van der Waals surface area contributed by atoms with E-state index in [2.05, 4.69) is 85.5 Å². The highest BCUT2D eigenvalue weighted by atomic mass is 32.1. The molecule has 0 unspecified atom stereocenters. The fourth-order valence-corrected chi connectivity index (χ4v) is 7.32. The van der Waals surface area contributed by atoms with E-state index in [1.54, 1.807) is 20.9 Å². The zero-order valence-electron chi connectivity index (χ0n) is 20.4. The van der Waals surface area contributed by atoms with Gasteiger partial charge in [-0.2, -0.15) is 0 Å². The molecule has 0 saturated carbocycles. The van der Waals surface area contributed by atoms with E-state index in [9.17, 15) is 0 Å². The summed E-state index contributed by atoms with van der Waals surface area (Å²) in [4.78, 5) is 10.9. The van der Waals surface area contributed by atoms with Gasteiger partial charge in [0.1, 0.15) is 5.76 Å². The minimum absolute atomic E-state index is 0.292.